The van der Waals surface area contributed by atoms with Crippen LogP contribution in [0.4, 0.5) is 10.1 Å². The summed E-state index contributed by atoms with van der Waals surface area (Å²) in [7, 11) is 1.95. The molecule has 0 aliphatic heterocycles. The fourth-order valence-corrected chi connectivity index (χ4v) is 2.54. The highest BCUT2D eigenvalue weighted by molar-refractivity contribution is 7.80. The van der Waals surface area contributed by atoms with Crippen LogP contribution in [0.5, 0.6) is 0 Å². The molecule has 0 saturated heterocycles. The molecule has 1 atom stereocenters. The van der Waals surface area contributed by atoms with Gasteiger partial charge in [-0.05, 0) is 48.5 Å². The van der Waals surface area contributed by atoms with Crippen LogP contribution in [0.2, 0.25) is 0 Å². The van der Waals surface area contributed by atoms with Crippen LogP contribution >= 0.6 is 12.2 Å². The molecule has 0 aromatic heterocycles. The van der Waals surface area contributed by atoms with Crippen molar-refractivity contribution in [1.29, 1.82) is 0 Å². The first kappa shape index (κ1) is 15.4. The standard InChI is InChI=1S/C17H19FN2S/c1-3-16(13-9-11-14(18)12-10-13)20(2)17(21)19-15-7-5-4-6-8-15/h4-12,16H,3H2,1-2H3,(H,19,21). The lowest BCUT2D eigenvalue weighted by Gasteiger charge is -2.30. The van der Waals surface area contributed by atoms with E-state index < -0.39 is 0 Å². The van der Waals surface area contributed by atoms with Crippen molar-refractivity contribution in [3.05, 3.63) is 66.0 Å². The largest absolute Gasteiger partial charge is 0.345 e. The number of nitrogens with one attached hydrogen (secondary N) is 1. The second-order valence-electron chi connectivity index (χ2n) is 4.88. The van der Waals surface area contributed by atoms with E-state index in [1.807, 2.05) is 54.4 Å². The lowest BCUT2D eigenvalue weighted by atomic mass is 10.0. The third kappa shape index (κ3) is 4.02. The molecule has 0 heterocycles. The first-order valence-electron chi connectivity index (χ1n) is 6.96. The zero-order valence-corrected chi connectivity index (χ0v) is 13.0. The van der Waals surface area contributed by atoms with Crippen LogP contribution in [-0.4, -0.2) is 17.1 Å². The predicted octanol–water partition coefficient (Wildman–Crippen LogP) is 4.61. The topological polar surface area (TPSA) is 15.3 Å². The minimum absolute atomic E-state index is 0.120. The number of nitrogens with zero attached hydrogens (tertiary/aromatic N) is 1. The number of benzene rings is 2. The molecule has 2 nitrogen and oxygen atoms in total. The molecule has 1 unspecified atom stereocenters. The number of halogens is 1. The van der Waals surface area contributed by atoms with E-state index >= 15 is 0 Å². The van der Waals surface area contributed by atoms with Crippen molar-refractivity contribution in [2.45, 2.75) is 19.4 Å². The zero-order chi connectivity index (χ0) is 15.2. The maximum Gasteiger partial charge on any atom is 0.173 e. The molecular weight excluding hydrogens is 283 g/mol. The Kier molecular flexibility index (Phi) is 5.28. The Bertz CT molecular complexity index is 583. The Balaban J connectivity index is 2.10. The highest BCUT2D eigenvalue weighted by atomic mass is 32.1. The lowest BCUT2D eigenvalue weighted by molar-refractivity contribution is 0.369. The van der Waals surface area contributed by atoms with Crippen molar-refractivity contribution < 1.29 is 4.39 Å². The molecule has 0 aliphatic carbocycles. The van der Waals surface area contributed by atoms with Gasteiger partial charge >= 0.3 is 0 Å². The van der Waals surface area contributed by atoms with E-state index in [0.29, 0.717) is 5.11 Å². The Hall–Kier alpha value is -1.94. The molecule has 1 N–H and O–H groups in total. The summed E-state index contributed by atoms with van der Waals surface area (Å²) in [6, 6.07) is 16.5. The van der Waals surface area contributed by atoms with E-state index in [9.17, 15) is 4.39 Å². The highest BCUT2D eigenvalue weighted by Gasteiger charge is 2.17. The van der Waals surface area contributed by atoms with Crippen LogP contribution in [0, 0.1) is 5.82 Å². The molecular formula is C17H19FN2S. The predicted molar refractivity (Wildman–Crippen MR) is 89.9 cm³/mol. The molecule has 110 valence electrons. The lowest BCUT2D eigenvalue weighted by Crippen LogP contribution is -2.34. The molecule has 2 aromatic carbocycles. The SMILES string of the molecule is CCC(c1ccc(F)cc1)N(C)C(=S)Nc1ccccc1. The van der Waals surface area contributed by atoms with Gasteiger partial charge in [0.05, 0.1) is 6.04 Å². The number of thiocarbonyl (C=S) groups is 1. The molecule has 0 saturated carbocycles. The Morgan fingerprint density at radius 1 is 1.14 bits per heavy atom. The second kappa shape index (κ2) is 7.18. The zero-order valence-electron chi connectivity index (χ0n) is 12.2. The van der Waals surface area contributed by atoms with E-state index in [4.69, 9.17) is 12.2 Å². The summed E-state index contributed by atoms with van der Waals surface area (Å²) in [5.74, 6) is -0.221. The average Bonchev–Trinajstić information content (AvgIpc) is 2.50. The van der Waals surface area contributed by atoms with Crippen LogP contribution in [0.1, 0.15) is 24.9 Å². The first-order chi connectivity index (χ1) is 10.1. The van der Waals surface area contributed by atoms with Crippen LogP contribution < -0.4 is 5.32 Å². The van der Waals surface area contributed by atoms with Gasteiger partial charge in [-0.1, -0.05) is 37.3 Å². The van der Waals surface area contributed by atoms with Gasteiger partial charge in [0.1, 0.15) is 5.82 Å². The number of para-hydroxylation sites is 1. The Morgan fingerprint density at radius 2 is 1.76 bits per heavy atom. The Labute approximate surface area is 130 Å². The van der Waals surface area contributed by atoms with Gasteiger partial charge in [0.25, 0.3) is 0 Å². The summed E-state index contributed by atoms with van der Waals surface area (Å²) in [6.07, 6.45) is 0.888. The van der Waals surface area contributed by atoms with E-state index in [-0.39, 0.29) is 11.9 Å². The summed E-state index contributed by atoms with van der Waals surface area (Å²) in [5.41, 5.74) is 2.02. The van der Waals surface area contributed by atoms with Crippen LogP contribution in [0.15, 0.2) is 54.6 Å². The van der Waals surface area contributed by atoms with Gasteiger partial charge in [0, 0.05) is 12.7 Å². The fourth-order valence-electron chi connectivity index (χ4n) is 2.29. The molecule has 21 heavy (non-hydrogen) atoms. The number of anilines is 1. The minimum atomic E-state index is -0.221. The minimum Gasteiger partial charge on any atom is -0.345 e. The molecule has 2 aromatic rings. The smallest absolute Gasteiger partial charge is 0.173 e. The van der Waals surface area contributed by atoms with Crippen LogP contribution in [0.3, 0.4) is 0 Å². The highest BCUT2D eigenvalue weighted by Crippen LogP contribution is 2.24. The van der Waals surface area contributed by atoms with Crippen LogP contribution in [0.25, 0.3) is 0 Å². The molecule has 4 heteroatoms. The van der Waals surface area contributed by atoms with Crippen molar-refractivity contribution in [1.82, 2.24) is 4.90 Å². The van der Waals surface area contributed by atoms with Crippen molar-refractivity contribution in [3.63, 3.8) is 0 Å². The van der Waals surface area contributed by atoms with Gasteiger partial charge in [-0.25, -0.2) is 4.39 Å². The summed E-state index contributed by atoms with van der Waals surface area (Å²) in [5, 5.41) is 3.87. The van der Waals surface area contributed by atoms with Crippen molar-refractivity contribution in [3.8, 4) is 0 Å². The van der Waals surface area contributed by atoms with E-state index in [1.165, 1.54) is 12.1 Å². The Morgan fingerprint density at radius 3 is 2.33 bits per heavy atom. The van der Waals surface area contributed by atoms with Crippen molar-refractivity contribution in [2.24, 2.45) is 0 Å². The third-order valence-electron chi connectivity index (χ3n) is 3.45. The van der Waals surface area contributed by atoms with Gasteiger partial charge < -0.3 is 10.2 Å². The van der Waals surface area contributed by atoms with E-state index in [0.717, 1.165) is 17.7 Å². The average molecular weight is 302 g/mol. The number of rotatable bonds is 4. The van der Waals surface area contributed by atoms with Gasteiger partial charge in [-0.15, -0.1) is 0 Å². The quantitative estimate of drug-likeness (QED) is 0.831. The van der Waals surface area contributed by atoms with Gasteiger partial charge in [-0.3, -0.25) is 0 Å². The first-order valence-corrected chi connectivity index (χ1v) is 7.37. The van der Waals surface area contributed by atoms with E-state index in [2.05, 4.69) is 12.2 Å². The third-order valence-corrected chi connectivity index (χ3v) is 3.84. The van der Waals surface area contributed by atoms with E-state index in [1.54, 1.807) is 0 Å². The second-order valence-corrected chi connectivity index (χ2v) is 5.27. The molecule has 0 amide bonds. The maximum atomic E-state index is 13.0. The molecule has 0 bridgehead atoms. The molecule has 0 fully saturated rings. The fraction of sp³-hybridized carbons (Fsp3) is 0.235. The molecule has 0 spiro atoms. The number of hydrogen-bond donors (Lipinski definition) is 1. The normalized spacial score (nSPS) is 11.8. The van der Waals surface area contributed by atoms with Gasteiger partial charge in [0.15, 0.2) is 5.11 Å². The van der Waals surface area contributed by atoms with Crippen LogP contribution in [-0.2, 0) is 0 Å². The van der Waals surface area contributed by atoms with Gasteiger partial charge in [0.2, 0.25) is 0 Å². The van der Waals surface area contributed by atoms with Gasteiger partial charge in [-0.2, -0.15) is 0 Å². The summed E-state index contributed by atoms with van der Waals surface area (Å²) in [6.45, 7) is 2.09. The number of hydrogen-bond acceptors (Lipinski definition) is 1. The molecule has 0 radical (unpaired) electrons. The summed E-state index contributed by atoms with van der Waals surface area (Å²) < 4.78 is 13.0. The summed E-state index contributed by atoms with van der Waals surface area (Å²) >= 11 is 5.47. The monoisotopic (exact) mass is 302 g/mol. The maximum absolute atomic E-state index is 13.0. The van der Waals surface area contributed by atoms with Crippen molar-refractivity contribution >= 4 is 23.0 Å². The summed E-state index contributed by atoms with van der Waals surface area (Å²) in [4.78, 5) is 2.01. The molecule has 2 rings (SSSR count). The molecule has 0 aliphatic rings. The van der Waals surface area contributed by atoms with Crippen molar-refractivity contribution in [2.75, 3.05) is 12.4 Å².